The summed E-state index contributed by atoms with van der Waals surface area (Å²) in [5.41, 5.74) is 2.90. The minimum atomic E-state index is -0.0404. The highest BCUT2D eigenvalue weighted by atomic mass is 16.7. The lowest BCUT2D eigenvalue weighted by Gasteiger charge is -2.43. The summed E-state index contributed by atoms with van der Waals surface area (Å²) in [4.78, 5) is 4.95. The van der Waals surface area contributed by atoms with Crippen LogP contribution >= 0.6 is 0 Å². The van der Waals surface area contributed by atoms with Crippen LogP contribution < -0.4 is 5.48 Å². The van der Waals surface area contributed by atoms with Gasteiger partial charge in [-0.25, -0.2) is 0 Å². The lowest BCUT2D eigenvalue weighted by molar-refractivity contribution is -0.217. The number of methoxy groups -OCH3 is 1. The molecule has 90 valence electrons. The average molecular weight is 217 g/mol. The SMILES string of the molecule is CCC1OC(NOC)C(C)C(C)C1OC. The van der Waals surface area contributed by atoms with Crippen LogP contribution in [-0.2, 0) is 14.3 Å². The summed E-state index contributed by atoms with van der Waals surface area (Å²) < 4.78 is 11.4. The van der Waals surface area contributed by atoms with E-state index in [1.54, 1.807) is 14.2 Å². The average Bonchev–Trinajstić information content (AvgIpc) is 2.24. The number of ether oxygens (including phenoxy) is 2. The Morgan fingerprint density at radius 3 is 2.33 bits per heavy atom. The molecular weight excluding hydrogens is 194 g/mol. The summed E-state index contributed by atoms with van der Waals surface area (Å²) in [5.74, 6) is 0.832. The number of hydrogen-bond acceptors (Lipinski definition) is 4. The van der Waals surface area contributed by atoms with Crippen LogP contribution in [0.4, 0.5) is 0 Å². The van der Waals surface area contributed by atoms with Crippen LogP contribution in [0.25, 0.3) is 0 Å². The summed E-state index contributed by atoms with van der Waals surface area (Å²) in [7, 11) is 3.37. The third kappa shape index (κ3) is 2.69. The predicted octanol–water partition coefficient (Wildman–Crippen LogP) is 1.56. The first kappa shape index (κ1) is 12.9. The highest BCUT2D eigenvalue weighted by Gasteiger charge is 2.40. The van der Waals surface area contributed by atoms with Crippen molar-refractivity contribution in [1.29, 1.82) is 0 Å². The van der Waals surface area contributed by atoms with Gasteiger partial charge in [0, 0.05) is 13.0 Å². The lowest BCUT2D eigenvalue weighted by atomic mass is 9.83. The Hall–Kier alpha value is -0.160. The van der Waals surface area contributed by atoms with E-state index in [0.29, 0.717) is 11.8 Å². The van der Waals surface area contributed by atoms with Gasteiger partial charge in [0.15, 0.2) is 0 Å². The summed E-state index contributed by atoms with van der Waals surface area (Å²) in [5, 5.41) is 0. The molecule has 0 aromatic rings. The van der Waals surface area contributed by atoms with Crippen molar-refractivity contribution in [3.63, 3.8) is 0 Å². The van der Waals surface area contributed by atoms with Crippen molar-refractivity contribution in [2.75, 3.05) is 14.2 Å². The fraction of sp³-hybridized carbons (Fsp3) is 1.00. The van der Waals surface area contributed by atoms with Crippen LogP contribution in [0, 0.1) is 11.8 Å². The summed E-state index contributed by atoms with van der Waals surface area (Å²) >= 11 is 0. The lowest BCUT2D eigenvalue weighted by Crippen LogP contribution is -2.54. The zero-order valence-corrected chi connectivity index (χ0v) is 10.3. The molecule has 0 radical (unpaired) electrons. The fourth-order valence-electron chi connectivity index (χ4n) is 2.25. The molecule has 1 N–H and O–H groups in total. The van der Waals surface area contributed by atoms with Gasteiger partial charge in [0.25, 0.3) is 0 Å². The summed E-state index contributed by atoms with van der Waals surface area (Å²) in [6.07, 6.45) is 1.24. The normalized spacial score (nSPS) is 41.8. The highest BCUT2D eigenvalue weighted by molar-refractivity contribution is 4.86. The van der Waals surface area contributed by atoms with Gasteiger partial charge < -0.3 is 14.3 Å². The molecule has 0 aromatic heterocycles. The standard InChI is InChI=1S/C11H23NO3/c1-6-9-10(13-4)7(2)8(3)11(15-9)12-14-5/h7-12H,6H2,1-5H3. The highest BCUT2D eigenvalue weighted by Crippen LogP contribution is 2.32. The van der Waals surface area contributed by atoms with E-state index in [9.17, 15) is 0 Å². The molecule has 4 heteroatoms. The van der Waals surface area contributed by atoms with Crippen molar-refractivity contribution in [3.05, 3.63) is 0 Å². The minimum Gasteiger partial charge on any atom is -0.378 e. The molecule has 1 heterocycles. The van der Waals surface area contributed by atoms with Gasteiger partial charge in [0.1, 0.15) is 6.23 Å². The Balaban J connectivity index is 2.68. The van der Waals surface area contributed by atoms with Crippen LogP contribution in [0.1, 0.15) is 27.2 Å². The molecule has 4 nitrogen and oxygen atoms in total. The maximum absolute atomic E-state index is 5.90. The van der Waals surface area contributed by atoms with Crippen molar-refractivity contribution in [1.82, 2.24) is 5.48 Å². The molecule has 1 rings (SSSR count). The van der Waals surface area contributed by atoms with Gasteiger partial charge in [-0.15, -0.1) is 0 Å². The van der Waals surface area contributed by atoms with Crippen molar-refractivity contribution in [2.24, 2.45) is 11.8 Å². The Kier molecular flexibility index (Phi) is 4.99. The van der Waals surface area contributed by atoms with Crippen LogP contribution in [-0.4, -0.2) is 32.7 Å². The summed E-state index contributed by atoms with van der Waals surface area (Å²) in [6, 6.07) is 0. The van der Waals surface area contributed by atoms with Crippen LogP contribution in [0.2, 0.25) is 0 Å². The smallest absolute Gasteiger partial charge is 0.133 e. The Morgan fingerprint density at radius 2 is 1.87 bits per heavy atom. The number of hydroxylamine groups is 1. The van der Waals surface area contributed by atoms with Crippen LogP contribution in [0.5, 0.6) is 0 Å². The largest absolute Gasteiger partial charge is 0.378 e. The number of rotatable bonds is 4. The Morgan fingerprint density at radius 1 is 1.20 bits per heavy atom. The van der Waals surface area contributed by atoms with E-state index in [1.807, 2.05) is 0 Å². The van der Waals surface area contributed by atoms with Crippen molar-refractivity contribution in [2.45, 2.75) is 45.6 Å². The minimum absolute atomic E-state index is 0.0404. The predicted molar refractivity (Wildman–Crippen MR) is 58.2 cm³/mol. The second-order valence-corrected chi connectivity index (χ2v) is 4.24. The van der Waals surface area contributed by atoms with E-state index in [0.717, 1.165) is 6.42 Å². The molecule has 5 atom stereocenters. The van der Waals surface area contributed by atoms with E-state index in [-0.39, 0.29) is 18.4 Å². The molecule has 0 amide bonds. The molecule has 1 aliphatic rings. The Labute approximate surface area is 92.2 Å². The fourth-order valence-corrected chi connectivity index (χ4v) is 2.25. The maximum Gasteiger partial charge on any atom is 0.133 e. The van der Waals surface area contributed by atoms with E-state index in [1.165, 1.54) is 0 Å². The quantitative estimate of drug-likeness (QED) is 0.725. The van der Waals surface area contributed by atoms with Gasteiger partial charge in [-0.2, -0.15) is 5.48 Å². The van der Waals surface area contributed by atoms with Crippen molar-refractivity contribution < 1.29 is 14.3 Å². The third-order valence-corrected chi connectivity index (χ3v) is 3.42. The molecular formula is C11H23NO3. The molecule has 0 saturated carbocycles. The first-order valence-corrected chi connectivity index (χ1v) is 5.62. The second kappa shape index (κ2) is 5.80. The molecule has 15 heavy (non-hydrogen) atoms. The monoisotopic (exact) mass is 217 g/mol. The van der Waals surface area contributed by atoms with E-state index >= 15 is 0 Å². The van der Waals surface area contributed by atoms with Crippen LogP contribution in [0.3, 0.4) is 0 Å². The van der Waals surface area contributed by atoms with Crippen LogP contribution in [0.15, 0.2) is 0 Å². The number of nitrogens with one attached hydrogen (secondary N) is 1. The van der Waals surface area contributed by atoms with Gasteiger partial charge in [-0.3, -0.25) is 0 Å². The Bertz CT molecular complexity index is 185. The maximum atomic E-state index is 5.90. The van der Waals surface area contributed by atoms with E-state index < -0.39 is 0 Å². The van der Waals surface area contributed by atoms with Gasteiger partial charge in [0.05, 0.1) is 19.3 Å². The molecule has 5 unspecified atom stereocenters. The molecule has 1 fully saturated rings. The van der Waals surface area contributed by atoms with Crippen molar-refractivity contribution in [3.8, 4) is 0 Å². The molecule has 0 bridgehead atoms. The molecule has 0 spiro atoms. The molecule has 1 saturated heterocycles. The zero-order valence-electron chi connectivity index (χ0n) is 10.3. The molecule has 1 aliphatic heterocycles. The first-order chi connectivity index (χ1) is 7.15. The third-order valence-electron chi connectivity index (χ3n) is 3.42. The van der Waals surface area contributed by atoms with Gasteiger partial charge >= 0.3 is 0 Å². The topological polar surface area (TPSA) is 39.7 Å². The second-order valence-electron chi connectivity index (χ2n) is 4.24. The summed E-state index contributed by atoms with van der Waals surface area (Å²) in [6.45, 7) is 6.47. The number of hydrogen-bond donors (Lipinski definition) is 1. The van der Waals surface area contributed by atoms with E-state index in [2.05, 4.69) is 26.3 Å². The van der Waals surface area contributed by atoms with E-state index in [4.69, 9.17) is 14.3 Å². The van der Waals surface area contributed by atoms with Crippen molar-refractivity contribution >= 4 is 0 Å². The molecule has 0 aliphatic carbocycles. The first-order valence-electron chi connectivity index (χ1n) is 5.62. The van der Waals surface area contributed by atoms with Gasteiger partial charge in [-0.05, 0) is 12.3 Å². The zero-order chi connectivity index (χ0) is 11.4. The van der Waals surface area contributed by atoms with Gasteiger partial charge in [0.2, 0.25) is 0 Å². The molecule has 0 aromatic carbocycles. The van der Waals surface area contributed by atoms with Gasteiger partial charge in [-0.1, -0.05) is 20.8 Å².